The van der Waals surface area contributed by atoms with Crippen LogP contribution in [-0.2, 0) is 9.53 Å². The van der Waals surface area contributed by atoms with Gasteiger partial charge in [0.15, 0.2) is 5.78 Å². The van der Waals surface area contributed by atoms with Gasteiger partial charge in [-0.2, -0.15) is 0 Å². The third-order valence-corrected chi connectivity index (χ3v) is 4.54. The van der Waals surface area contributed by atoms with E-state index in [9.17, 15) is 30.3 Å². The molecule has 150 valence electrons. The number of rotatable bonds is 5. The molecule has 0 amide bonds. The first kappa shape index (κ1) is 20.2. The van der Waals surface area contributed by atoms with Gasteiger partial charge in [0.1, 0.15) is 35.9 Å². The maximum Gasteiger partial charge on any atom is 0.229 e. The normalized spacial score (nSPS) is 28.0. The smallest absolute Gasteiger partial charge is 0.229 e. The molecule has 0 spiro atoms. The van der Waals surface area contributed by atoms with Crippen molar-refractivity contribution in [1.29, 1.82) is 0 Å². The second-order valence-electron chi connectivity index (χ2n) is 6.68. The minimum atomic E-state index is -1.56. The van der Waals surface area contributed by atoms with Crippen LogP contribution in [0.4, 0.5) is 0 Å². The van der Waals surface area contributed by atoms with E-state index in [2.05, 4.69) is 0 Å². The summed E-state index contributed by atoms with van der Waals surface area (Å²) >= 11 is 0. The Morgan fingerprint density at radius 2 is 1.89 bits per heavy atom. The molecule has 8 heteroatoms. The zero-order valence-corrected chi connectivity index (χ0v) is 15.1. The number of benzene rings is 2. The molecule has 5 atom stereocenters. The van der Waals surface area contributed by atoms with Crippen LogP contribution in [0.3, 0.4) is 0 Å². The standard InChI is InChI=1S/C20H22O8/c1-10(22)2-3-11-4-5-12-7-13(8-15(23)14(12)6-11)27-20-19(26)18(25)17(24)16(9-21)28-20/h2-8,16-21,23-26H,9H2,1H3/b3-2+/t16?,17-,18?,19?,20-/m1/s1. The molecule has 0 aliphatic carbocycles. The summed E-state index contributed by atoms with van der Waals surface area (Å²) in [7, 11) is 0. The molecular formula is C20H22O8. The van der Waals surface area contributed by atoms with Crippen molar-refractivity contribution in [3.8, 4) is 11.5 Å². The van der Waals surface area contributed by atoms with Crippen LogP contribution in [0.5, 0.6) is 11.5 Å². The quantitative estimate of drug-likeness (QED) is 0.461. The van der Waals surface area contributed by atoms with E-state index in [-0.39, 0.29) is 17.3 Å². The van der Waals surface area contributed by atoms with E-state index in [0.717, 1.165) is 5.56 Å². The number of carbonyl (C=O) groups is 1. The van der Waals surface area contributed by atoms with Gasteiger partial charge in [0.2, 0.25) is 6.29 Å². The van der Waals surface area contributed by atoms with Gasteiger partial charge in [-0.25, -0.2) is 0 Å². The number of aliphatic hydroxyl groups excluding tert-OH is 4. The number of ketones is 1. The number of fused-ring (bicyclic) bond motifs is 1. The van der Waals surface area contributed by atoms with Crippen molar-refractivity contribution in [3.05, 3.63) is 42.0 Å². The Balaban J connectivity index is 1.86. The van der Waals surface area contributed by atoms with Crippen molar-refractivity contribution in [3.63, 3.8) is 0 Å². The average Bonchev–Trinajstić information content (AvgIpc) is 2.67. The van der Waals surface area contributed by atoms with Crippen molar-refractivity contribution < 1.29 is 39.8 Å². The fourth-order valence-electron chi connectivity index (χ4n) is 3.01. The molecule has 1 saturated heterocycles. The van der Waals surface area contributed by atoms with Crippen LogP contribution >= 0.6 is 0 Å². The van der Waals surface area contributed by atoms with E-state index in [1.54, 1.807) is 30.3 Å². The first-order valence-corrected chi connectivity index (χ1v) is 8.72. The minimum Gasteiger partial charge on any atom is -0.507 e. The largest absolute Gasteiger partial charge is 0.507 e. The molecule has 2 aromatic carbocycles. The van der Waals surface area contributed by atoms with Crippen molar-refractivity contribution in [2.75, 3.05) is 6.61 Å². The molecule has 1 heterocycles. The molecular weight excluding hydrogens is 368 g/mol. The second kappa shape index (κ2) is 8.26. The molecule has 28 heavy (non-hydrogen) atoms. The van der Waals surface area contributed by atoms with Gasteiger partial charge in [-0.3, -0.25) is 4.79 Å². The van der Waals surface area contributed by atoms with Crippen molar-refractivity contribution in [2.24, 2.45) is 0 Å². The van der Waals surface area contributed by atoms with E-state index in [1.165, 1.54) is 19.1 Å². The summed E-state index contributed by atoms with van der Waals surface area (Å²) in [5.41, 5.74) is 0.737. The SMILES string of the molecule is CC(=O)/C=C/c1ccc2cc(O[C@@H]3OC(CO)[C@@H](O)C(O)C3O)cc(O)c2c1. The van der Waals surface area contributed by atoms with E-state index in [1.807, 2.05) is 0 Å². The Hall–Kier alpha value is -2.49. The summed E-state index contributed by atoms with van der Waals surface area (Å²) in [5.74, 6) is -0.0101. The van der Waals surface area contributed by atoms with Crippen molar-refractivity contribution in [1.82, 2.24) is 0 Å². The fraction of sp³-hybridized carbons (Fsp3) is 0.350. The summed E-state index contributed by atoms with van der Waals surface area (Å²) in [6.45, 7) is 0.877. The Kier molecular flexibility index (Phi) is 5.97. The summed E-state index contributed by atoms with van der Waals surface area (Å²) in [5, 5.41) is 50.5. The highest BCUT2D eigenvalue weighted by atomic mass is 16.7. The lowest BCUT2D eigenvalue weighted by Gasteiger charge is -2.39. The third-order valence-electron chi connectivity index (χ3n) is 4.54. The molecule has 0 radical (unpaired) electrons. The van der Waals surface area contributed by atoms with Gasteiger partial charge < -0.3 is 35.0 Å². The van der Waals surface area contributed by atoms with Gasteiger partial charge in [-0.15, -0.1) is 0 Å². The van der Waals surface area contributed by atoms with Crippen LogP contribution in [0.1, 0.15) is 12.5 Å². The van der Waals surface area contributed by atoms with Crippen LogP contribution in [-0.4, -0.2) is 68.6 Å². The third kappa shape index (κ3) is 4.16. The summed E-state index contributed by atoms with van der Waals surface area (Å²) in [6.07, 6.45) is -3.95. The van der Waals surface area contributed by atoms with E-state index in [4.69, 9.17) is 9.47 Å². The molecule has 1 aliphatic heterocycles. The van der Waals surface area contributed by atoms with Crippen LogP contribution in [0.15, 0.2) is 36.4 Å². The number of allylic oxidation sites excluding steroid dienone is 1. The first-order valence-electron chi connectivity index (χ1n) is 8.72. The number of aliphatic hydroxyl groups is 4. The van der Waals surface area contributed by atoms with Gasteiger partial charge >= 0.3 is 0 Å². The fourth-order valence-corrected chi connectivity index (χ4v) is 3.01. The number of carbonyl (C=O) groups excluding carboxylic acids is 1. The molecule has 3 unspecified atom stereocenters. The van der Waals surface area contributed by atoms with E-state index < -0.39 is 37.3 Å². The van der Waals surface area contributed by atoms with Gasteiger partial charge in [0.05, 0.1) is 6.61 Å². The number of phenolic OH excluding ortho intramolecular Hbond substituents is 1. The summed E-state index contributed by atoms with van der Waals surface area (Å²) < 4.78 is 10.8. The minimum absolute atomic E-state index is 0.0878. The number of aromatic hydroxyl groups is 1. The van der Waals surface area contributed by atoms with Crippen molar-refractivity contribution in [2.45, 2.75) is 37.6 Å². The molecule has 8 nitrogen and oxygen atoms in total. The van der Waals surface area contributed by atoms with Crippen LogP contribution in [0.2, 0.25) is 0 Å². The average molecular weight is 390 g/mol. The summed E-state index contributed by atoms with van der Waals surface area (Å²) in [6, 6.07) is 8.13. The Morgan fingerprint density at radius 3 is 2.57 bits per heavy atom. The lowest BCUT2D eigenvalue weighted by molar-refractivity contribution is -0.277. The first-order chi connectivity index (χ1) is 13.3. The molecule has 0 bridgehead atoms. The lowest BCUT2D eigenvalue weighted by atomic mass is 9.99. The highest BCUT2D eigenvalue weighted by Crippen LogP contribution is 2.33. The second-order valence-corrected chi connectivity index (χ2v) is 6.68. The van der Waals surface area contributed by atoms with Gasteiger partial charge in [-0.1, -0.05) is 18.2 Å². The summed E-state index contributed by atoms with van der Waals surface area (Å²) in [4.78, 5) is 11.1. The van der Waals surface area contributed by atoms with E-state index in [0.29, 0.717) is 10.8 Å². The molecule has 0 saturated carbocycles. The zero-order chi connectivity index (χ0) is 20.4. The van der Waals surface area contributed by atoms with Crippen LogP contribution in [0, 0.1) is 0 Å². The van der Waals surface area contributed by atoms with Gasteiger partial charge in [0.25, 0.3) is 0 Å². The number of phenols is 1. The Morgan fingerprint density at radius 1 is 1.14 bits per heavy atom. The van der Waals surface area contributed by atoms with Crippen molar-refractivity contribution >= 4 is 22.6 Å². The topological polar surface area (TPSA) is 137 Å². The van der Waals surface area contributed by atoms with E-state index >= 15 is 0 Å². The Labute approximate surface area is 160 Å². The molecule has 3 rings (SSSR count). The number of hydrogen-bond donors (Lipinski definition) is 5. The molecule has 0 aromatic heterocycles. The molecule has 2 aromatic rings. The Bertz CT molecular complexity index is 891. The highest BCUT2D eigenvalue weighted by molar-refractivity contribution is 5.94. The molecule has 1 fully saturated rings. The predicted octanol–water partition coefficient (Wildman–Crippen LogP) is 0.326. The molecule has 1 aliphatic rings. The maximum atomic E-state index is 11.1. The highest BCUT2D eigenvalue weighted by Gasteiger charge is 2.44. The number of ether oxygens (including phenoxy) is 2. The maximum absolute atomic E-state index is 11.1. The monoisotopic (exact) mass is 390 g/mol. The lowest BCUT2D eigenvalue weighted by Crippen LogP contribution is -2.60. The predicted molar refractivity (Wildman–Crippen MR) is 99.7 cm³/mol. The van der Waals surface area contributed by atoms with Gasteiger partial charge in [0, 0.05) is 11.5 Å². The number of hydrogen-bond acceptors (Lipinski definition) is 8. The zero-order valence-electron chi connectivity index (χ0n) is 15.1. The van der Waals surface area contributed by atoms with Crippen LogP contribution < -0.4 is 4.74 Å². The van der Waals surface area contributed by atoms with Gasteiger partial charge in [-0.05, 0) is 36.1 Å². The molecule has 5 N–H and O–H groups in total. The van der Waals surface area contributed by atoms with Crippen LogP contribution in [0.25, 0.3) is 16.8 Å².